The predicted molar refractivity (Wildman–Crippen MR) is 64.7 cm³/mol. The minimum absolute atomic E-state index is 0.0788. The summed E-state index contributed by atoms with van der Waals surface area (Å²) < 4.78 is 13.4. The molecule has 1 aromatic carbocycles. The summed E-state index contributed by atoms with van der Waals surface area (Å²) in [6.45, 7) is 2.26. The van der Waals surface area contributed by atoms with Gasteiger partial charge in [-0.3, -0.25) is 0 Å². The Hall–Kier alpha value is -0.370. The highest BCUT2D eigenvalue weighted by molar-refractivity contribution is 9.09. The maximum atomic E-state index is 13.4. The summed E-state index contributed by atoms with van der Waals surface area (Å²) in [5, 5.41) is 0. The van der Waals surface area contributed by atoms with Crippen LogP contribution >= 0.6 is 15.9 Å². The smallest absolute Gasteiger partial charge is 0.126 e. The SMILES string of the molecule is CC(C(Br)Cc1ccccc1F)C1CC1. The van der Waals surface area contributed by atoms with Crippen molar-refractivity contribution in [3.8, 4) is 0 Å². The first-order chi connectivity index (χ1) is 7.18. The third kappa shape index (κ3) is 2.81. The van der Waals surface area contributed by atoms with Crippen LogP contribution in [0.3, 0.4) is 0 Å². The van der Waals surface area contributed by atoms with Crippen LogP contribution in [0.4, 0.5) is 4.39 Å². The lowest BCUT2D eigenvalue weighted by Gasteiger charge is -2.17. The van der Waals surface area contributed by atoms with Crippen LogP contribution < -0.4 is 0 Å². The van der Waals surface area contributed by atoms with Crippen molar-refractivity contribution in [1.29, 1.82) is 0 Å². The Bertz CT molecular complexity index is 333. The molecule has 1 aliphatic carbocycles. The first kappa shape index (κ1) is 11.1. The van der Waals surface area contributed by atoms with E-state index in [9.17, 15) is 4.39 Å². The summed E-state index contributed by atoms with van der Waals surface area (Å²) >= 11 is 3.69. The van der Waals surface area contributed by atoms with Crippen molar-refractivity contribution in [2.24, 2.45) is 11.8 Å². The van der Waals surface area contributed by atoms with Gasteiger partial charge in [0.15, 0.2) is 0 Å². The van der Waals surface area contributed by atoms with Gasteiger partial charge < -0.3 is 0 Å². The Morgan fingerprint density at radius 1 is 1.40 bits per heavy atom. The van der Waals surface area contributed by atoms with Gasteiger partial charge in [0, 0.05) is 4.83 Å². The van der Waals surface area contributed by atoms with Crippen LogP contribution in [0.5, 0.6) is 0 Å². The topological polar surface area (TPSA) is 0 Å². The number of hydrogen-bond donors (Lipinski definition) is 0. The van der Waals surface area contributed by atoms with Crippen LogP contribution in [0.2, 0.25) is 0 Å². The maximum Gasteiger partial charge on any atom is 0.126 e. The molecule has 82 valence electrons. The van der Waals surface area contributed by atoms with Crippen LogP contribution in [0.25, 0.3) is 0 Å². The largest absolute Gasteiger partial charge is 0.207 e. The molecule has 0 radical (unpaired) electrons. The summed E-state index contributed by atoms with van der Waals surface area (Å²) in [7, 11) is 0. The second-order valence-electron chi connectivity index (χ2n) is 4.51. The van der Waals surface area contributed by atoms with E-state index in [0.29, 0.717) is 10.7 Å². The number of rotatable bonds is 4. The number of benzene rings is 1. The Morgan fingerprint density at radius 2 is 2.07 bits per heavy atom. The molecule has 0 nitrogen and oxygen atoms in total. The number of alkyl halides is 1. The van der Waals surface area contributed by atoms with E-state index in [2.05, 4.69) is 22.9 Å². The number of halogens is 2. The van der Waals surface area contributed by atoms with Crippen LogP contribution in [0, 0.1) is 17.7 Å². The van der Waals surface area contributed by atoms with Crippen LogP contribution in [-0.4, -0.2) is 4.83 Å². The van der Waals surface area contributed by atoms with Crippen molar-refractivity contribution in [3.05, 3.63) is 35.6 Å². The zero-order valence-corrected chi connectivity index (χ0v) is 10.5. The molecule has 1 aromatic rings. The lowest BCUT2D eigenvalue weighted by atomic mass is 9.97. The second kappa shape index (κ2) is 4.65. The lowest BCUT2D eigenvalue weighted by molar-refractivity contribution is 0.483. The maximum absolute atomic E-state index is 13.4. The normalized spacial score (nSPS) is 19.9. The molecule has 0 aliphatic heterocycles. The molecule has 0 heterocycles. The van der Waals surface area contributed by atoms with E-state index in [-0.39, 0.29) is 5.82 Å². The van der Waals surface area contributed by atoms with E-state index in [0.717, 1.165) is 17.9 Å². The van der Waals surface area contributed by atoms with Crippen molar-refractivity contribution >= 4 is 15.9 Å². The fourth-order valence-corrected chi connectivity index (χ4v) is 2.76. The van der Waals surface area contributed by atoms with Crippen molar-refractivity contribution in [3.63, 3.8) is 0 Å². The fourth-order valence-electron chi connectivity index (χ4n) is 1.98. The molecule has 0 saturated heterocycles. The summed E-state index contributed by atoms with van der Waals surface area (Å²) in [5.74, 6) is 1.44. The zero-order chi connectivity index (χ0) is 10.8. The Labute approximate surface area is 99.0 Å². The second-order valence-corrected chi connectivity index (χ2v) is 5.68. The highest BCUT2D eigenvalue weighted by atomic mass is 79.9. The van der Waals surface area contributed by atoms with Crippen molar-refractivity contribution in [2.45, 2.75) is 31.0 Å². The molecule has 0 aromatic heterocycles. The van der Waals surface area contributed by atoms with Gasteiger partial charge in [0.25, 0.3) is 0 Å². The van der Waals surface area contributed by atoms with Gasteiger partial charge in [-0.2, -0.15) is 0 Å². The molecule has 2 unspecified atom stereocenters. The minimum Gasteiger partial charge on any atom is -0.207 e. The highest BCUT2D eigenvalue weighted by Gasteiger charge is 2.32. The van der Waals surface area contributed by atoms with Crippen molar-refractivity contribution in [2.75, 3.05) is 0 Å². The molecule has 1 fully saturated rings. The molecule has 0 N–H and O–H groups in total. The quantitative estimate of drug-likeness (QED) is 0.721. The highest BCUT2D eigenvalue weighted by Crippen LogP contribution is 2.41. The molecule has 2 rings (SSSR count). The molecule has 15 heavy (non-hydrogen) atoms. The third-order valence-electron chi connectivity index (χ3n) is 3.31. The standard InChI is InChI=1S/C13H16BrF/c1-9(10-6-7-10)12(14)8-11-4-2-3-5-13(11)15/h2-5,9-10,12H,6-8H2,1H3. The molecule has 2 atom stereocenters. The first-order valence-corrected chi connectivity index (χ1v) is 6.47. The summed E-state index contributed by atoms with van der Waals surface area (Å²) in [6, 6.07) is 7.06. The van der Waals surface area contributed by atoms with Gasteiger partial charge in [-0.15, -0.1) is 0 Å². The van der Waals surface area contributed by atoms with E-state index in [1.807, 2.05) is 12.1 Å². The summed E-state index contributed by atoms with van der Waals surface area (Å²) in [5.41, 5.74) is 0.826. The zero-order valence-electron chi connectivity index (χ0n) is 8.92. The first-order valence-electron chi connectivity index (χ1n) is 5.56. The number of hydrogen-bond acceptors (Lipinski definition) is 0. The van der Waals surface area contributed by atoms with Gasteiger partial charge in [0.1, 0.15) is 5.82 Å². The van der Waals surface area contributed by atoms with Crippen molar-refractivity contribution < 1.29 is 4.39 Å². The molecule has 1 aliphatic rings. The van der Waals surface area contributed by atoms with Crippen LogP contribution in [0.15, 0.2) is 24.3 Å². The van der Waals surface area contributed by atoms with E-state index < -0.39 is 0 Å². The van der Waals surface area contributed by atoms with Gasteiger partial charge in [-0.1, -0.05) is 41.1 Å². The monoisotopic (exact) mass is 270 g/mol. The van der Waals surface area contributed by atoms with Gasteiger partial charge in [-0.05, 0) is 42.7 Å². The molecular formula is C13H16BrF. The average Bonchev–Trinajstić information content (AvgIpc) is 3.04. The Kier molecular flexibility index (Phi) is 3.45. The van der Waals surface area contributed by atoms with Gasteiger partial charge in [0.05, 0.1) is 0 Å². The predicted octanol–water partition coefficient (Wildman–Crippen LogP) is 4.18. The van der Waals surface area contributed by atoms with E-state index in [4.69, 9.17) is 0 Å². The van der Waals surface area contributed by atoms with E-state index in [1.54, 1.807) is 6.07 Å². The van der Waals surface area contributed by atoms with Crippen molar-refractivity contribution in [1.82, 2.24) is 0 Å². The van der Waals surface area contributed by atoms with Crippen LogP contribution in [-0.2, 0) is 6.42 Å². The van der Waals surface area contributed by atoms with Crippen LogP contribution in [0.1, 0.15) is 25.3 Å². The average molecular weight is 271 g/mol. The third-order valence-corrected chi connectivity index (χ3v) is 4.47. The Morgan fingerprint density at radius 3 is 2.67 bits per heavy atom. The van der Waals surface area contributed by atoms with Gasteiger partial charge >= 0.3 is 0 Å². The fraction of sp³-hybridized carbons (Fsp3) is 0.538. The van der Waals surface area contributed by atoms with Gasteiger partial charge in [-0.25, -0.2) is 4.39 Å². The Balaban J connectivity index is 1.98. The molecule has 2 heteroatoms. The molecular weight excluding hydrogens is 255 g/mol. The summed E-state index contributed by atoms with van der Waals surface area (Å²) in [6.07, 6.45) is 3.49. The minimum atomic E-state index is -0.0788. The molecule has 1 saturated carbocycles. The lowest BCUT2D eigenvalue weighted by Crippen LogP contribution is -2.16. The molecule has 0 amide bonds. The molecule has 0 spiro atoms. The van der Waals surface area contributed by atoms with E-state index >= 15 is 0 Å². The van der Waals surface area contributed by atoms with E-state index in [1.165, 1.54) is 18.9 Å². The van der Waals surface area contributed by atoms with Gasteiger partial charge in [0.2, 0.25) is 0 Å². The summed E-state index contributed by atoms with van der Waals surface area (Å²) in [4.78, 5) is 0.405. The molecule has 0 bridgehead atoms.